The van der Waals surface area contributed by atoms with Gasteiger partial charge in [-0.15, -0.1) is 11.3 Å². The first kappa shape index (κ1) is 16.1. The number of rotatable bonds is 4. The topological polar surface area (TPSA) is 63.9 Å². The lowest BCUT2D eigenvalue weighted by atomic mass is 10.1. The van der Waals surface area contributed by atoms with Crippen LogP contribution < -0.4 is 0 Å². The van der Waals surface area contributed by atoms with Gasteiger partial charge in [-0.1, -0.05) is 13.8 Å². The molecule has 124 valence electrons. The molecule has 1 aliphatic rings. The zero-order valence-corrected chi connectivity index (χ0v) is 14.7. The van der Waals surface area contributed by atoms with E-state index >= 15 is 0 Å². The van der Waals surface area contributed by atoms with Crippen LogP contribution in [0.3, 0.4) is 0 Å². The maximum Gasteiger partial charge on any atom is 0.265 e. The lowest BCUT2D eigenvalue weighted by Gasteiger charge is -2.32. The Morgan fingerprint density at radius 2 is 2.30 bits per heavy atom. The zero-order valence-electron chi connectivity index (χ0n) is 13.9. The van der Waals surface area contributed by atoms with Crippen LogP contribution in [-0.4, -0.2) is 43.6 Å². The molecule has 6 nitrogen and oxygen atoms in total. The molecule has 3 rings (SSSR count). The van der Waals surface area contributed by atoms with Gasteiger partial charge in [0.05, 0.1) is 16.7 Å². The van der Waals surface area contributed by atoms with E-state index in [-0.39, 0.29) is 11.9 Å². The van der Waals surface area contributed by atoms with E-state index in [0.717, 1.165) is 41.4 Å². The number of hydrogen-bond acceptors (Lipinski definition) is 5. The monoisotopic (exact) mass is 333 g/mol. The molecule has 23 heavy (non-hydrogen) atoms. The van der Waals surface area contributed by atoms with E-state index in [1.807, 2.05) is 16.5 Å². The van der Waals surface area contributed by atoms with Crippen LogP contribution in [0.4, 0.5) is 0 Å². The van der Waals surface area contributed by atoms with E-state index in [1.54, 1.807) is 24.0 Å². The summed E-state index contributed by atoms with van der Waals surface area (Å²) in [5.41, 5.74) is 0.860. The van der Waals surface area contributed by atoms with Crippen molar-refractivity contribution in [3.63, 3.8) is 0 Å². The Morgan fingerprint density at radius 1 is 1.48 bits per heavy atom. The van der Waals surface area contributed by atoms with Crippen LogP contribution >= 0.6 is 11.3 Å². The summed E-state index contributed by atoms with van der Waals surface area (Å²) >= 11 is 1.55. The Hall–Kier alpha value is -1.76. The van der Waals surface area contributed by atoms with Gasteiger partial charge in [-0.2, -0.15) is 5.10 Å². The highest BCUT2D eigenvalue weighted by atomic mass is 32.1. The van der Waals surface area contributed by atoms with E-state index in [0.29, 0.717) is 12.5 Å². The lowest BCUT2D eigenvalue weighted by Crippen LogP contribution is -2.40. The third-order valence-electron chi connectivity index (χ3n) is 4.11. The van der Waals surface area contributed by atoms with Crippen molar-refractivity contribution in [2.24, 2.45) is 5.92 Å². The molecule has 1 aliphatic heterocycles. The molecule has 1 saturated heterocycles. The van der Waals surface area contributed by atoms with E-state index < -0.39 is 0 Å². The second-order valence-electron chi connectivity index (χ2n) is 6.54. The highest BCUT2D eigenvalue weighted by Crippen LogP contribution is 2.26. The van der Waals surface area contributed by atoms with Gasteiger partial charge in [0, 0.05) is 19.5 Å². The number of aromatic nitrogens is 4. The van der Waals surface area contributed by atoms with Crippen LogP contribution in [0.1, 0.15) is 53.1 Å². The number of aryl methyl sites for hydroxylation is 1. The Labute approximate surface area is 140 Å². The van der Waals surface area contributed by atoms with E-state index in [9.17, 15) is 4.79 Å². The molecule has 3 heterocycles. The third-order valence-corrected chi connectivity index (χ3v) is 5.28. The molecule has 2 aromatic heterocycles. The van der Waals surface area contributed by atoms with Gasteiger partial charge in [-0.3, -0.25) is 4.79 Å². The molecule has 0 spiro atoms. The van der Waals surface area contributed by atoms with Gasteiger partial charge in [-0.05, 0) is 25.7 Å². The smallest absolute Gasteiger partial charge is 0.265 e. The number of amides is 1. The summed E-state index contributed by atoms with van der Waals surface area (Å²) < 4.78 is 1.86. The molecule has 2 aromatic rings. The number of piperidine rings is 1. The number of carbonyl (C=O) groups excluding carboxylic acids is 1. The number of hydrogen-bond donors (Lipinski definition) is 0. The number of likely N-dealkylation sites (tertiary alicyclic amines) is 1. The molecule has 0 aliphatic carbocycles. The molecular formula is C16H23N5OS. The number of carbonyl (C=O) groups is 1. The average Bonchev–Trinajstić information content (AvgIpc) is 3.16. The van der Waals surface area contributed by atoms with Crippen molar-refractivity contribution in [2.75, 3.05) is 13.1 Å². The van der Waals surface area contributed by atoms with Crippen LogP contribution in [0.5, 0.6) is 0 Å². The van der Waals surface area contributed by atoms with Crippen LogP contribution in [-0.2, 0) is 6.42 Å². The molecule has 0 bridgehead atoms. The molecule has 0 N–H and O–H groups in total. The fourth-order valence-electron chi connectivity index (χ4n) is 2.99. The Morgan fingerprint density at radius 3 is 3.00 bits per heavy atom. The standard InChI is InChI=1S/C16H23N5OS/c1-11(2)7-14-19-12(3)15(23-14)16(22)20-6-4-5-13(8-20)21-10-17-9-18-21/h9-11,13H,4-8H2,1-3H3. The van der Waals surface area contributed by atoms with Crippen molar-refractivity contribution in [1.82, 2.24) is 24.6 Å². The van der Waals surface area contributed by atoms with Gasteiger partial charge < -0.3 is 4.90 Å². The summed E-state index contributed by atoms with van der Waals surface area (Å²) in [4.78, 5) is 24.2. The Balaban J connectivity index is 1.73. The van der Waals surface area contributed by atoms with Gasteiger partial charge >= 0.3 is 0 Å². The molecule has 7 heteroatoms. The van der Waals surface area contributed by atoms with Crippen molar-refractivity contribution >= 4 is 17.2 Å². The predicted molar refractivity (Wildman–Crippen MR) is 89.6 cm³/mol. The molecular weight excluding hydrogens is 310 g/mol. The summed E-state index contributed by atoms with van der Waals surface area (Å²) in [6, 6.07) is 0.221. The first-order chi connectivity index (χ1) is 11.0. The van der Waals surface area contributed by atoms with Gasteiger partial charge in [0.1, 0.15) is 17.5 Å². The van der Waals surface area contributed by atoms with Crippen molar-refractivity contribution in [3.8, 4) is 0 Å². The van der Waals surface area contributed by atoms with Gasteiger partial charge in [0.25, 0.3) is 5.91 Å². The molecule has 1 unspecified atom stereocenters. The minimum Gasteiger partial charge on any atom is -0.336 e. The zero-order chi connectivity index (χ0) is 16.4. The van der Waals surface area contributed by atoms with Crippen LogP contribution in [0.25, 0.3) is 0 Å². The number of nitrogens with zero attached hydrogens (tertiary/aromatic N) is 5. The Kier molecular flexibility index (Phi) is 4.75. The molecule has 1 atom stereocenters. The second kappa shape index (κ2) is 6.78. The molecule has 1 amide bonds. The first-order valence-electron chi connectivity index (χ1n) is 8.14. The van der Waals surface area contributed by atoms with Crippen LogP contribution in [0, 0.1) is 12.8 Å². The quantitative estimate of drug-likeness (QED) is 0.863. The van der Waals surface area contributed by atoms with Crippen molar-refractivity contribution in [3.05, 3.63) is 28.2 Å². The van der Waals surface area contributed by atoms with E-state index in [1.165, 1.54) is 0 Å². The lowest BCUT2D eigenvalue weighted by molar-refractivity contribution is 0.0676. The average molecular weight is 333 g/mol. The fraction of sp³-hybridized carbons (Fsp3) is 0.625. The normalized spacial score (nSPS) is 18.6. The first-order valence-corrected chi connectivity index (χ1v) is 8.96. The third kappa shape index (κ3) is 3.60. The van der Waals surface area contributed by atoms with Crippen LogP contribution in [0.2, 0.25) is 0 Å². The largest absolute Gasteiger partial charge is 0.336 e. The minimum absolute atomic E-state index is 0.111. The summed E-state index contributed by atoms with van der Waals surface area (Å²) in [5, 5.41) is 5.28. The van der Waals surface area contributed by atoms with Gasteiger partial charge in [-0.25, -0.2) is 14.6 Å². The van der Waals surface area contributed by atoms with Crippen LogP contribution in [0.15, 0.2) is 12.7 Å². The van der Waals surface area contributed by atoms with Crippen molar-refractivity contribution in [1.29, 1.82) is 0 Å². The van der Waals surface area contributed by atoms with Crippen molar-refractivity contribution in [2.45, 2.75) is 46.1 Å². The number of thiazole rings is 1. The predicted octanol–water partition coefficient (Wildman–Crippen LogP) is 2.72. The summed E-state index contributed by atoms with van der Waals surface area (Å²) in [7, 11) is 0. The maximum atomic E-state index is 12.9. The van der Waals surface area contributed by atoms with Gasteiger partial charge in [0.15, 0.2) is 0 Å². The fourth-order valence-corrected chi connectivity index (χ4v) is 4.24. The summed E-state index contributed by atoms with van der Waals surface area (Å²) in [5.74, 6) is 0.662. The SMILES string of the molecule is Cc1nc(CC(C)C)sc1C(=O)N1CCCC(n2cncn2)C1. The van der Waals surface area contributed by atoms with Gasteiger partial charge in [0.2, 0.25) is 0 Å². The highest BCUT2D eigenvalue weighted by Gasteiger charge is 2.28. The van der Waals surface area contributed by atoms with Crippen molar-refractivity contribution < 1.29 is 4.79 Å². The summed E-state index contributed by atoms with van der Waals surface area (Å²) in [6.45, 7) is 7.78. The molecule has 0 radical (unpaired) electrons. The maximum absolute atomic E-state index is 12.9. The molecule has 1 fully saturated rings. The van der Waals surface area contributed by atoms with E-state index in [4.69, 9.17) is 0 Å². The summed E-state index contributed by atoms with van der Waals surface area (Å²) in [6.07, 6.45) is 6.24. The highest BCUT2D eigenvalue weighted by molar-refractivity contribution is 7.13. The second-order valence-corrected chi connectivity index (χ2v) is 7.63. The van der Waals surface area contributed by atoms with E-state index in [2.05, 4.69) is 28.9 Å². The Bertz CT molecular complexity index is 664. The molecule has 0 aromatic carbocycles. The minimum atomic E-state index is 0.111. The molecule has 0 saturated carbocycles.